The van der Waals surface area contributed by atoms with Crippen LogP contribution in [0.15, 0.2) is 16.7 Å². The number of likely N-dealkylation sites (N-methyl/N-ethyl adjacent to an activating group) is 1. The van der Waals surface area contributed by atoms with Crippen molar-refractivity contribution in [3.05, 3.63) is 23.7 Å². The maximum atomic E-state index is 12.3. The van der Waals surface area contributed by atoms with Gasteiger partial charge in [0.15, 0.2) is 5.76 Å². The number of furan rings is 1. The molecule has 18 heavy (non-hydrogen) atoms. The molecule has 1 aromatic heterocycles. The first-order valence-corrected chi connectivity index (χ1v) is 6.15. The monoisotopic (exact) mass is 252 g/mol. The number of carbonyl (C=O) groups excluding carboxylic acids is 1. The van der Waals surface area contributed by atoms with Crippen molar-refractivity contribution in [3.8, 4) is 0 Å². The molecule has 2 rings (SSSR count). The number of nitrogens with zero attached hydrogens (tertiary/aromatic N) is 2. The van der Waals surface area contributed by atoms with Crippen LogP contribution in [0.5, 0.6) is 0 Å². The van der Waals surface area contributed by atoms with Crippen molar-refractivity contribution in [2.24, 2.45) is 5.92 Å². The van der Waals surface area contributed by atoms with E-state index in [0.29, 0.717) is 18.8 Å². The predicted molar refractivity (Wildman–Crippen MR) is 67.4 cm³/mol. The molecule has 0 radical (unpaired) electrons. The number of carbonyl (C=O) groups is 1. The third-order valence-corrected chi connectivity index (χ3v) is 3.65. The first kappa shape index (κ1) is 13.1. The largest absolute Gasteiger partial charge is 0.459 e. The van der Waals surface area contributed by atoms with Gasteiger partial charge in [-0.3, -0.25) is 4.79 Å². The van der Waals surface area contributed by atoms with Crippen molar-refractivity contribution in [2.75, 3.05) is 33.8 Å². The van der Waals surface area contributed by atoms with Crippen LogP contribution < -0.4 is 0 Å². The van der Waals surface area contributed by atoms with Gasteiger partial charge in [0, 0.05) is 37.2 Å². The molecule has 0 aliphatic carbocycles. The molecular weight excluding hydrogens is 232 g/mol. The number of rotatable bonds is 3. The van der Waals surface area contributed by atoms with Crippen LogP contribution in [0.1, 0.15) is 16.1 Å². The Hall–Kier alpha value is -1.33. The van der Waals surface area contributed by atoms with Crippen LogP contribution in [0, 0.1) is 12.8 Å². The van der Waals surface area contributed by atoms with E-state index in [1.54, 1.807) is 11.0 Å². The molecule has 1 N–H and O–H groups in total. The van der Waals surface area contributed by atoms with E-state index in [-0.39, 0.29) is 24.5 Å². The summed E-state index contributed by atoms with van der Waals surface area (Å²) < 4.78 is 5.24. The van der Waals surface area contributed by atoms with Gasteiger partial charge in [-0.15, -0.1) is 0 Å². The summed E-state index contributed by atoms with van der Waals surface area (Å²) in [6, 6.07) is 1.99. The predicted octanol–water partition coefficient (Wildman–Crippen LogP) is 0.583. The van der Waals surface area contributed by atoms with Crippen molar-refractivity contribution >= 4 is 5.91 Å². The van der Waals surface area contributed by atoms with Crippen LogP contribution in [0.4, 0.5) is 0 Å². The van der Waals surface area contributed by atoms with Gasteiger partial charge in [-0.2, -0.15) is 0 Å². The molecule has 1 aliphatic heterocycles. The Kier molecular flexibility index (Phi) is 3.73. The summed E-state index contributed by atoms with van der Waals surface area (Å²) in [6.07, 6.45) is 1.53. The highest BCUT2D eigenvalue weighted by Crippen LogP contribution is 2.23. The third-order valence-electron chi connectivity index (χ3n) is 3.65. The van der Waals surface area contributed by atoms with Crippen molar-refractivity contribution in [1.29, 1.82) is 0 Å². The van der Waals surface area contributed by atoms with Crippen LogP contribution in [-0.2, 0) is 0 Å². The van der Waals surface area contributed by atoms with Gasteiger partial charge in [0.05, 0.1) is 6.26 Å². The van der Waals surface area contributed by atoms with Gasteiger partial charge in [-0.25, -0.2) is 0 Å². The SMILES string of the molecule is Cc1ccoc1C(=O)N1C[C@@H](CO)[C@H](N(C)C)C1. The molecule has 0 spiro atoms. The second-order valence-corrected chi connectivity index (χ2v) is 5.12. The summed E-state index contributed by atoms with van der Waals surface area (Å²) in [5.74, 6) is 0.436. The highest BCUT2D eigenvalue weighted by molar-refractivity contribution is 5.93. The minimum atomic E-state index is -0.0831. The molecule has 0 saturated carbocycles. The molecule has 2 atom stereocenters. The maximum Gasteiger partial charge on any atom is 0.289 e. The number of aliphatic hydroxyl groups excluding tert-OH is 1. The average molecular weight is 252 g/mol. The lowest BCUT2D eigenvalue weighted by molar-refractivity contribution is 0.0746. The Bertz CT molecular complexity index is 428. The second-order valence-electron chi connectivity index (χ2n) is 5.12. The molecule has 0 unspecified atom stereocenters. The summed E-state index contributed by atoms with van der Waals surface area (Å²) in [5.41, 5.74) is 0.855. The fourth-order valence-corrected chi connectivity index (χ4v) is 2.52. The molecule has 1 saturated heterocycles. The summed E-state index contributed by atoms with van der Waals surface area (Å²) in [7, 11) is 3.94. The zero-order valence-corrected chi connectivity index (χ0v) is 11.1. The number of aliphatic hydroxyl groups is 1. The minimum Gasteiger partial charge on any atom is -0.459 e. The summed E-state index contributed by atoms with van der Waals surface area (Å²) in [5, 5.41) is 9.38. The van der Waals surface area contributed by atoms with E-state index in [1.165, 1.54) is 6.26 Å². The standard InChI is InChI=1S/C13H20N2O3/c1-9-4-5-18-12(9)13(17)15-6-10(8-16)11(7-15)14(2)3/h4-5,10-11,16H,6-8H2,1-3H3/t10-,11+/m0/s1. The van der Waals surface area contributed by atoms with Gasteiger partial charge < -0.3 is 19.3 Å². The lowest BCUT2D eigenvalue weighted by Crippen LogP contribution is -2.37. The van der Waals surface area contributed by atoms with Crippen molar-refractivity contribution < 1.29 is 14.3 Å². The van der Waals surface area contributed by atoms with Crippen LogP contribution in [0.25, 0.3) is 0 Å². The zero-order valence-electron chi connectivity index (χ0n) is 11.1. The second kappa shape index (κ2) is 5.12. The first-order chi connectivity index (χ1) is 8.54. The quantitative estimate of drug-likeness (QED) is 0.855. The number of aryl methyl sites for hydroxylation is 1. The lowest BCUT2D eigenvalue weighted by atomic mass is 10.0. The fraction of sp³-hybridized carbons (Fsp3) is 0.615. The van der Waals surface area contributed by atoms with Crippen LogP contribution in [0.3, 0.4) is 0 Å². The number of hydrogen-bond donors (Lipinski definition) is 1. The highest BCUT2D eigenvalue weighted by Gasteiger charge is 2.37. The fourth-order valence-electron chi connectivity index (χ4n) is 2.52. The van der Waals surface area contributed by atoms with Gasteiger partial charge in [0.2, 0.25) is 0 Å². The molecule has 2 heterocycles. The van der Waals surface area contributed by atoms with E-state index < -0.39 is 0 Å². The third kappa shape index (κ3) is 2.28. The van der Waals surface area contributed by atoms with Gasteiger partial charge in [-0.1, -0.05) is 0 Å². The van der Waals surface area contributed by atoms with Gasteiger partial charge >= 0.3 is 0 Å². The normalized spacial score (nSPS) is 23.9. The summed E-state index contributed by atoms with van der Waals surface area (Å²) in [6.45, 7) is 3.18. The molecule has 0 aromatic carbocycles. The van der Waals surface area contributed by atoms with E-state index in [9.17, 15) is 9.90 Å². The lowest BCUT2D eigenvalue weighted by Gasteiger charge is -2.23. The van der Waals surface area contributed by atoms with E-state index in [0.717, 1.165) is 5.56 Å². The van der Waals surface area contributed by atoms with Gasteiger partial charge in [0.25, 0.3) is 5.91 Å². The van der Waals surface area contributed by atoms with E-state index in [1.807, 2.05) is 21.0 Å². The minimum absolute atomic E-state index is 0.0831. The van der Waals surface area contributed by atoms with Crippen molar-refractivity contribution in [3.63, 3.8) is 0 Å². The topological polar surface area (TPSA) is 56.9 Å². The van der Waals surface area contributed by atoms with Crippen LogP contribution >= 0.6 is 0 Å². The Labute approximate surface area is 107 Å². The number of amides is 1. The number of likely N-dealkylation sites (tertiary alicyclic amines) is 1. The Morgan fingerprint density at radius 1 is 1.56 bits per heavy atom. The van der Waals surface area contributed by atoms with Gasteiger partial charge in [-0.05, 0) is 27.1 Å². The van der Waals surface area contributed by atoms with Crippen LogP contribution in [-0.4, -0.2) is 60.6 Å². The number of hydrogen-bond acceptors (Lipinski definition) is 4. The maximum absolute atomic E-state index is 12.3. The van der Waals surface area contributed by atoms with E-state index >= 15 is 0 Å². The Morgan fingerprint density at radius 3 is 2.72 bits per heavy atom. The zero-order chi connectivity index (χ0) is 13.3. The Morgan fingerprint density at radius 2 is 2.28 bits per heavy atom. The molecule has 0 bridgehead atoms. The molecule has 5 heteroatoms. The summed E-state index contributed by atoms with van der Waals surface area (Å²) in [4.78, 5) is 16.1. The smallest absolute Gasteiger partial charge is 0.289 e. The molecule has 1 fully saturated rings. The highest BCUT2D eigenvalue weighted by atomic mass is 16.3. The molecular formula is C13H20N2O3. The molecule has 100 valence electrons. The van der Waals surface area contributed by atoms with Crippen LogP contribution in [0.2, 0.25) is 0 Å². The van der Waals surface area contributed by atoms with E-state index in [2.05, 4.69) is 4.90 Å². The first-order valence-electron chi connectivity index (χ1n) is 6.15. The van der Waals surface area contributed by atoms with Crippen molar-refractivity contribution in [2.45, 2.75) is 13.0 Å². The molecule has 1 amide bonds. The van der Waals surface area contributed by atoms with Gasteiger partial charge in [0.1, 0.15) is 0 Å². The summed E-state index contributed by atoms with van der Waals surface area (Å²) >= 11 is 0. The molecule has 1 aromatic rings. The van der Waals surface area contributed by atoms with Crippen molar-refractivity contribution in [1.82, 2.24) is 9.80 Å². The molecule has 1 aliphatic rings. The van der Waals surface area contributed by atoms with E-state index in [4.69, 9.17) is 4.42 Å². The molecule has 5 nitrogen and oxygen atoms in total. The Balaban J connectivity index is 2.12. The average Bonchev–Trinajstić information content (AvgIpc) is 2.93.